The summed E-state index contributed by atoms with van der Waals surface area (Å²) in [6, 6.07) is 21.2. The summed E-state index contributed by atoms with van der Waals surface area (Å²) in [6.07, 6.45) is 3.50. The molecule has 0 aliphatic heterocycles. The van der Waals surface area contributed by atoms with Gasteiger partial charge in [-0.25, -0.2) is 4.98 Å². The van der Waals surface area contributed by atoms with E-state index in [1.54, 1.807) is 29.0 Å². The lowest BCUT2D eigenvalue weighted by Crippen LogP contribution is -2.04. The highest BCUT2D eigenvalue weighted by Crippen LogP contribution is 2.35. The van der Waals surface area contributed by atoms with Crippen molar-refractivity contribution in [2.75, 3.05) is 5.73 Å². The number of rotatable bonds is 5. The Balaban J connectivity index is 1.56. The maximum absolute atomic E-state index is 11.0. The van der Waals surface area contributed by atoms with Crippen LogP contribution in [0.5, 0.6) is 0 Å². The smallest absolute Gasteiger partial charge is 0.307 e. The van der Waals surface area contributed by atoms with Crippen molar-refractivity contribution < 1.29 is 9.90 Å². The Bertz CT molecular complexity index is 1460. The molecule has 5 rings (SSSR count). The maximum Gasteiger partial charge on any atom is 0.307 e. The molecule has 3 N–H and O–H groups in total. The van der Waals surface area contributed by atoms with Crippen molar-refractivity contribution in [3.8, 4) is 33.6 Å². The molecule has 3 aromatic heterocycles. The van der Waals surface area contributed by atoms with E-state index in [0.717, 1.165) is 27.9 Å². The monoisotopic (exact) mass is 499 g/mol. The minimum absolute atomic E-state index is 0.0329. The quantitative estimate of drug-likeness (QED) is 0.348. The number of nitrogens with two attached hydrogens (primary N) is 1. The van der Waals surface area contributed by atoms with Gasteiger partial charge in [-0.2, -0.15) is 9.61 Å². The number of aliphatic carboxylic acids is 1. The molecule has 0 radical (unpaired) electrons. The minimum atomic E-state index is -0.872. The highest BCUT2D eigenvalue weighted by atomic mass is 79.9. The Morgan fingerprint density at radius 3 is 2.33 bits per heavy atom. The lowest BCUT2D eigenvalue weighted by molar-refractivity contribution is -0.136. The first-order valence-electron chi connectivity index (χ1n) is 10.2. The van der Waals surface area contributed by atoms with E-state index in [4.69, 9.17) is 15.8 Å². The van der Waals surface area contributed by atoms with Crippen molar-refractivity contribution >= 4 is 33.4 Å². The number of hydrogen-bond donors (Lipinski definition) is 2. The molecule has 0 saturated heterocycles. The molecule has 33 heavy (non-hydrogen) atoms. The number of aromatic nitrogens is 4. The molecule has 5 aromatic rings. The van der Waals surface area contributed by atoms with Crippen LogP contribution in [0.3, 0.4) is 0 Å². The van der Waals surface area contributed by atoms with Gasteiger partial charge in [0.2, 0.25) is 0 Å². The average molecular weight is 500 g/mol. The third-order valence-corrected chi connectivity index (χ3v) is 6.13. The lowest BCUT2D eigenvalue weighted by Gasteiger charge is -2.10. The van der Waals surface area contributed by atoms with Crippen molar-refractivity contribution in [1.82, 2.24) is 19.6 Å². The van der Waals surface area contributed by atoms with Crippen molar-refractivity contribution in [1.29, 1.82) is 0 Å². The fourth-order valence-electron chi connectivity index (χ4n) is 3.68. The molecule has 0 aliphatic carbocycles. The van der Waals surface area contributed by atoms with E-state index in [2.05, 4.69) is 26.0 Å². The molecule has 8 heteroatoms. The number of pyridine rings is 1. The van der Waals surface area contributed by atoms with Gasteiger partial charge in [-0.05, 0) is 27.6 Å². The molecule has 162 valence electrons. The van der Waals surface area contributed by atoms with E-state index in [-0.39, 0.29) is 6.42 Å². The Kier molecular flexibility index (Phi) is 5.35. The summed E-state index contributed by atoms with van der Waals surface area (Å²) in [5.41, 5.74) is 12.8. The van der Waals surface area contributed by atoms with Gasteiger partial charge in [-0.1, -0.05) is 60.7 Å². The summed E-state index contributed by atoms with van der Waals surface area (Å²) in [7, 11) is 0. The summed E-state index contributed by atoms with van der Waals surface area (Å²) in [4.78, 5) is 20.4. The van der Waals surface area contributed by atoms with Crippen LogP contribution in [-0.2, 0) is 11.2 Å². The number of carboxylic acid groups (broad SMARTS) is 1. The first-order chi connectivity index (χ1) is 16.0. The standard InChI is InChI=1S/C25H18BrN5O2/c26-22-23(17-8-6-15(7-9-17)12-21(32)33)30-25-19(14-29-31(25)24(22)27)18-10-11-20(28-13-18)16-4-2-1-3-5-16/h1-11,13-14H,12,27H2,(H,32,33). The molecular weight excluding hydrogens is 482 g/mol. The first kappa shape index (κ1) is 20.8. The minimum Gasteiger partial charge on any atom is -0.481 e. The molecule has 0 unspecified atom stereocenters. The Labute approximate surface area is 197 Å². The molecule has 0 fully saturated rings. The molecule has 0 amide bonds. The van der Waals surface area contributed by atoms with Gasteiger partial charge in [0.15, 0.2) is 5.65 Å². The molecule has 2 aromatic carbocycles. The third-order valence-electron chi connectivity index (χ3n) is 5.35. The van der Waals surface area contributed by atoms with Gasteiger partial charge >= 0.3 is 5.97 Å². The van der Waals surface area contributed by atoms with Crippen LogP contribution in [0.1, 0.15) is 5.56 Å². The topological polar surface area (TPSA) is 106 Å². The van der Waals surface area contributed by atoms with Gasteiger partial charge in [0.25, 0.3) is 0 Å². The average Bonchev–Trinajstić information content (AvgIpc) is 3.26. The van der Waals surface area contributed by atoms with Crippen LogP contribution in [0.25, 0.3) is 39.3 Å². The van der Waals surface area contributed by atoms with Crippen molar-refractivity contribution in [3.63, 3.8) is 0 Å². The number of nitrogens with zero attached hydrogens (tertiary/aromatic N) is 4. The third kappa shape index (κ3) is 3.96. The van der Waals surface area contributed by atoms with Crippen molar-refractivity contribution in [2.24, 2.45) is 0 Å². The summed E-state index contributed by atoms with van der Waals surface area (Å²) in [5, 5.41) is 13.4. The van der Waals surface area contributed by atoms with Gasteiger partial charge < -0.3 is 10.8 Å². The van der Waals surface area contributed by atoms with Gasteiger partial charge in [-0.3, -0.25) is 9.78 Å². The fraction of sp³-hybridized carbons (Fsp3) is 0.0400. The summed E-state index contributed by atoms with van der Waals surface area (Å²) in [6.45, 7) is 0. The number of anilines is 1. The zero-order valence-corrected chi connectivity index (χ0v) is 18.9. The summed E-state index contributed by atoms with van der Waals surface area (Å²) < 4.78 is 2.21. The zero-order chi connectivity index (χ0) is 22.9. The SMILES string of the molecule is Nc1c(Br)c(-c2ccc(CC(=O)O)cc2)nc2c(-c3ccc(-c4ccccc4)nc3)cnn12. The predicted octanol–water partition coefficient (Wildman–Crippen LogP) is 5.10. The Hall–Kier alpha value is -4.04. The van der Waals surface area contributed by atoms with Crippen LogP contribution >= 0.6 is 15.9 Å². The van der Waals surface area contributed by atoms with Crippen molar-refractivity contribution in [3.05, 3.63) is 89.2 Å². The predicted molar refractivity (Wildman–Crippen MR) is 131 cm³/mol. The van der Waals surface area contributed by atoms with E-state index in [9.17, 15) is 4.79 Å². The second kappa shape index (κ2) is 8.48. The first-order valence-corrected chi connectivity index (χ1v) is 11.0. The molecule has 0 spiro atoms. The fourth-order valence-corrected chi connectivity index (χ4v) is 4.16. The van der Waals surface area contributed by atoms with Crippen LogP contribution in [-0.4, -0.2) is 30.7 Å². The second-order valence-electron chi connectivity index (χ2n) is 7.52. The lowest BCUT2D eigenvalue weighted by atomic mass is 10.1. The normalized spacial score (nSPS) is 11.1. The van der Waals surface area contributed by atoms with E-state index in [1.165, 1.54) is 0 Å². The second-order valence-corrected chi connectivity index (χ2v) is 8.31. The number of benzene rings is 2. The molecule has 0 saturated carbocycles. The number of carboxylic acids is 1. The van der Waals surface area contributed by atoms with Crippen LogP contribution in [0.2, 0.25) is 0 Å². The van der Waals surface area contributed by atoms with Crippen molar-refractivity contribution in [2.45, 2.75) is 6.42 Å². The molecular formula is C25H18BrN5O2. The highest BCUT2D eigenvalue weighted by molar-refractivity contribution is 9.10. The number of hydrogen-bond acceptors (Lipinski definition) is 5. The Morgan fingerprint density at radius 2 is 1.67 bits per heavy atom. The van der Waals surface area contributed by atoms with Crippen LogP contribution in [0.4, 0.5) is 5.82 Å². The molecule has 0 bridgehead atoms. The van der Waals surface area contributed by atoms with Crippen LogP contribution < -0.4 is 5.73 Å². The molecule has 0 aliphatic rings. The molecule has 7 nitrogen and oxygen atoms in total. The Morgan fingerprint density at radius 1 is 0.939 bits per heavy atom. The summed E-state index contributed by atoms with van der Waals surface area (Å²) >= 11 is 3.54. The molecule has 0 atom stereocenters. The van der Waals surface area contributed by atoms with Crippen LogP contribution in [0, 0.1) is 0 Å². The molecule has 3 heterocycles. The number of halogens is 1. The number of carbonyl (C=O) groups is 1. The van der Waals surface area contributed by atoms with E-state index < -0.39 is 5.97 Å². The van der Waals surface area contributed by atoms with Gasteiger partial charge in [0.1, 0.15) is 5.82 Å². The van der Waals surface area contributed by atoms with Crippen LogP contribution in [0.15, 0.2) is 83.6 Å². The number of fused-ring (bicyclic) bond motifs is 1. The van der Waals surface area contributed by atoms with E-state index >= 15 is 0 Å². The van der Waals surface area contributed by atoms with Gasteiger partial charge in [-0.15, -0.1) is 0 Å². The van der Waals surface area contributed by atoms with E-state index in [0.29, 0.717) is 27.2 Å². The zero-order valence-electron chi connectivity index (χ0n) is 17.3. The maximum atomic E-state index is 11.0. The summed E-state index contributed by atoms with van der Waals surface area (Å²) in [5.74, 6) is -0.451. The van der Waals surface area contributed by atoms with Gasteiger partial charge in [0.05, 0.1) is 28.5 Å². The largest absolute Gasteiger partial charge is 0.481 e. The highest BCUT2D eigenvalue weighted by Gasteiger charge is 2.18. The van der Waals surface area contributed by atoms with Gasteiger partial charge in [0, 0.05) is 28.5 Å². The van der Waals surface area contributed by atoms with E-state index in [1.807, 2.05) is 54.6 Å². The number of nitrogen functional groups attached to an aromatic ring is 1.